The Bertz CT molecular complexity index is 762. The van der Waals surface area contributed by atoms with Gasteiger partial charge in [0.15, 0.2) is 0 Å². The van der Waals surface area contributed by atoms with Crippen molar-refractivity contribution in [2.24, 2.45) is 23.7 Å². The number of carbonyl (C=O) groups excluding carboxylic acids is 1. The van der Waals surface area contributed by atoms with Crippen LogP contribution in [0.3, 0.4) is 0 Å². The van der Waals surface area contributed by atoms with Crippen LogP contribution < -0.4 is 0 Å². The minimum Gasteiger partial charge on any atom is -0.463 e. The van der Waals surface area contributed by atoms with Crippen LogP contribution in [0.4, 0.5) is 0 Å². The van der Waals surface area contributed by atoms with E-state index >= 15 is 0 Å². The Morgan fingerprint density at radius 3 is 2.00 bits per heavy atom. The summed E-state index contributed by atoms with van der Waals surface area (Å²) in [7, 11) is 0. The Kier molecular flexibility index (Phi) is 11.7. The summed E-state index contributed by atoms with van der Waals surface area (Å²) >= 11 is 0. The highest BCUT2D eigenvalue weighted by Gasteiger charge is 2.30. The van der Waals surface area contributed by atoms with Crippen molar-refractivity contribution in [2.45, 2.75) is 103 Å². The quantitative estimate of drug-likeness (QED) is 0.168. The summed E-state index contributed by atoms with van der Waals surface area (Å²) in [5.41, 5.74) is 2.15. The minimum atomic E-state index is -0.302. The Morgan fingerprint density at radius 1 is 0.853 bits per heavy atom. The van der Waals surface area contributed by atoms with Gasteiger partial charge in [-0.25, -0.2) is 4.79 Å². The van der Waals surface area contributed by atoms with Crippen LogP contribution in [0.2, 0.25) is 0 Å². The van der Waals surface area contributed by atoms with Crippen molar-refractivity contribution >= 4 is 5.97 Å². The second-order valence-corrected chi connectivity index (χ2v) is 10.8. The Morgan fingerprint density at radius 2 is 1.41 bits per heavy atom. The Hall–Kier alpha value is -2.08. The van der Waals surface area contributed by atoms with Gasteiger partial charge < -0.3 is 4.74 Å². The maximum absolute atomic E-state index is 11.0. The van der Waals surface area contributed by atoms with Gasteiger partial charge in [-0.15, -0.1) is 0 Å². The van der Waals surface area contributed by atoms with Crippen molar-refractivity contribution in [2.75, 3.05) is 6.61 Å². The molecule has 34 heavy (non-hydrogen) atoms. The second kappa shape index (κ2) is 15.0. The third kappa shape index (κ3) is 9.28. The maximum Gasteiger partial charge on any atom is 0.330 e. The van der Waals surface area contributed by atoms with Gasteiger partial charge in [0.05, 0.1) is 18.2 Å². The van der Waals surface area contributed by atoms with Crippen LogP contribution >= 0.6 is 0 Å². The lowest BCUT2D eigenvalue weighted by Crippen LogP contribution is -2.26. The van der Waals surface area contributed by atoms with E-state index in [-0.39, 0.29) is 5.97 Å². The van der Waals surface area contributed by atoms with Crippen molar-refractivity contribution in [3.63, 3.8) is 0 Å². The number of esters is 1. The molecule has 2 saturated carbocycles. The number of nitrogens with zero attached hydrogens (tertiary/aromatic N) is 1. The molecule has 0 unspecified atom stereocenters. The average molecular weight is 464 g/mol. The van der Waals surface area contributed by atoms with Crippen LogP contribution in [0.5, 0.6) is 0 Å². The van der Waals surface area contributed by atoms with Crippen LogP contribution in [-0.4, -0.2) is 12.6 Å². The third-order valence-corrected chi connectivity index (χ3v) is 8.54. The van der Waals surface area contributed by atoms with E-state index in [0.717, 1.165) is 48.5 Å². The molecule has 3 rings (SSSR count). The molecule has 2 aliphatic carbocycles. The molecule has 0 radical (unpaired) electrons. The summed E-state index contributed by atoms with van der Waals surface area (Å²) in [4.78, 5) is 11.0. The zero-order valence-electron chi connectivity index (χ0n) is 21.2. The van der Waals surface area contributed by atoms with Gasteiger partial charge in [0, 0.05) is 6.08 Å². The fourth-order valence-corrected chi connectivity index (χ4v) is 6.31. The predicted octanol–water partition coefficient (Wildman–Crippen LogP) is 8.17. The van der Waals surface area contributed by atoms with E-state index < -0.39 is 0 Å². The van der Waals surface area contributed by atoms with Gasteiger partial charge in [-0.2, -0.15) is 5.26 Å². The lowest BCUT2D eigenvalue weighted by molar-refractivity contribution is -0.137. The number of hydrogen-bond donors (Lipinski definition) is 0. The molecule has 0 amide bonds. The number of carbonyl (C=O) groups is 1. The SMILES string of the molecule is C=CC(=O)OCCCCCCCC1CCC(C2CCC(CCc3ccc(C#N)cc3)CC2)CC1. The third-order valence-electron chi connectivity index (χ3n) is 8.54. The van der Waals surface area contributed by atoms with E-state index in [1.54, 1.807) is 0 Å². The van der Waals surface area contributed by atoms with Crippen LogP contribution in [0.15, 0.2) is 36.9 Å². The van der Waals surface area contributed by atoms with Crippen molar-refractivity contribution in [1.29, 1.82) is 5.26 Å². The lowest BCUT2D eigenvalue weighted by Gasteiger charge is -2.38. The largest absolute Gasteiger partial charge is 0.463 e. The van der Waals surface area contributed by atoms with Crippen molar-refractivity contribution in [3.05, 3.63) is 48.0 Å². The highest BCUT2D eigenvalue weighted by Crippen LogP contribution is 2.43. The number of aryl methyl sites for hydroxylation is 1. The zero-order valence-corrected chi connectivity index (χ0v) is 21.2. The number of benzene rings is 1. The zero-order chi connectivity index (χ0) is 24.0. The molecule has 0 atom stereocenters. The lowest BCUT2D eigenvalue weighted by atomic mass is 9.68. The molecular formula is C31H45NO2. The Labute approximate surface area is 208 Å². The summed E-state index contributed by atoms with van der Waals surface area (Å²) in [5.74, 6) is 3.55. The van der Waals surface area contributed by atoms with Crippen LogP contribution in [-0.2, 0) is 16.0 Å². The van der Waals surface area contributed by atoms with Gasteiger partial charge in [0.1, 0.15) is 0 Å². The van der Waals surface area contributed by atoms with E-state index in [1.807, 2.05) is 12.1 Å². The minimum absolute atomic E-state index is 0.302. The molecule has 0 heterocycles. The summed E-state index contributed by atoms with van der Waals surface area (Å²) in [5, 5.41) is 8.95. The molecule has 3 nitrogen and oxygen atoms in total. The van der Waals surface area contributed by atoms with Gasteiger partial charge in [-0.1, -0.05) is 76.5 Å². The number of ether oxygens (including phenoxy) is 1. The fourth-order valence-electron chi connectivity index (χ4n) is 6.31. The molecule has 3 heteroatoms. The summed E-state index contributed by atoms with van der Waals surface area (Å²) in [6.07, 6.45) is 22.8. The molecule has 0 N–H and O–H groups in total. The first-order chi connectivity index (χ1) is 16.7. The molecule has 0 spiro atoms. The van der Waals surface area contributed by atoms with Crippen molar-refractivity contribution in [3.8, 4) is 6.07 Å². The van der Waals surface area contributed by atoms with Crippen LogP contribution in [0, 0.1) is 35.0 Å². The molecular weight excluding hydrogens is 418 g/mol. The van der Waals surface area contributed by atoms with Crippen LogP contribution in [0.25, 0.3) is 0 Å². The average Bonchev–Trinajstić information content (AvgIpc) is 2.89. The van der Waals surface area contributed by atoms with Gasteiger partial charge in [-0.05, 0) is 86.3 Å². The monoisotopic (exact) mass is 463 g/mol. The summed E-state index contributed by atoms with van der Waals surface area (Å²) in [6.45, 7) is 3.95. The molecule has 0 saturated heterocycles. The van der Waals surface area contributed by atoms with Crippen molar-refractivity contribution in [1.82, 2.24) is 0 Å². The smallest absolute Gasteiger partial charge is 0.330 e. The van der Waals surface area contributed by atoms with E-state index in [0.29, 0.717) is 6.61 Å². The van der Waals surface area contributed by atoms with Crippen LogP contribution in [0.1, 0.15) is 107 Å². The first-order valence-corrected chi connectivity index (χ1v) is 14.0. The topological polar surface area (TPSA) is 50.1 Å². The number of unbranched alkanes of at least 4 members (excludes halogenated alkanes) is 4. The molecule has 2 aliphatic rings. The molecule has 0 aromatic heterocycles. The van der Waals surface area contributed by atoms with E-state index in [4.69, 9.17) is 10.00 Å². The second-order valence-electron chi connectivity index (χ2n) is 10.8. The highest BCUT2D eigenvalue weighted by molar-refractivity contribution is 5.81. The molecule has 0 aliphatic heterocycles. The van der Waals surface area contributed by atoms with Crippen molar-refractivity contribution < 1.29 is 9.53 Å². The summed E-state index contributed by atoms with van der Waals surface area (Å²) in [6, 6.07) is 10.4. The number of rotatable bonds is 13. The number of nitriles is 1. The molecule has 1 aromatic rings. The van der Waals surface area contributed by atoms with Gasteiger partial charge in [-0.3, -0.25) is 0 Å². The van der Waals surface area contributed by atoms with Gasteiger partial charge >= 0.3 is 5.97 Å². The highest BCUT2D eigenvalue weighted by atomic mass is 16.5. The van der Waals surface area contributed by atoms with E-state index in [1.165, 1.54) is 95.1 Å². The van der Waals surface area contributed by atoms with E-state index in [2.05, 4.69) is 24.8 Å². The van der Waals surface area contributed by atoms with Gasteiger partial charge in [0.2, 0.25) is 0 Å². The van der Waals surface area contributed by atoms with Gasteiger partial charge in [0.25, 0.3) is 0 Å². The first-order valence-electron chi connectivity index (χ1n) is 14.0. The summed E-state index contributed by atoms with van der Waals surface area (Å²) < 4.78 is 5.03. The molecule has 1 aromatic carbocycles. The Balaban J connectivity index is 1.20. The first kappa shape index (κ1) is 26.5. The standard InChI is InChI=1S/C31H45NO2/c1-2-31(33)34-23-7-5-3-4-6-8-25-15-19-29(20-16-25)30-21-17-27(18-22-30)10-9-26-11-13-28(24-32)14-12-26/h2,11-14,25,27,29-30H,1,3-10,15-23H2. The normalized spacial score (nSPS) is 24.8. The predicted molar refractivity (Wildman–Crippen MR) is 139 cm³/mol. The molecule has 2 fully saturated rings. The molecule has 186 valence electrons. The number of hydrogen-bond acceptors (Lipinski definition) is 3. The molecule has 0 bridgehead atoms. The fraction of sp³-hybridized carbons (Fsp3) is 0.677. The maximum atomic E-state index is 11.0. The van der Waals surface area contributed by atoms with E-state index in [9.17, 15) is 4.79 Å².